The van der Waals surface area contributed by atoms with Crippen molar-refractivity contribution < 1.29 is 14.3 Å². The minimum Gasteiger partial charge on any atom is -0.494 e. The van der Waals surface area contributed by atoms with Gasteiger partial charge in [0.2, 0.25) is 0 Å². The van der Waals surface area contributed by atoms with Gasteiger partial charge in [0.25, 0.3) is 0 Å². The summed E-state index contributed by atoms with van der Waals surface area (Å²) in [6.45, 7) is 13.8. The number of rotatable bonds is 8. The first-order valence-electron chi connectivity index (χ1n) is 6.44. The summed E-state index contributed by atoms with van der Waals surface area (Å²) in [5.74, 6) is -0.665. The zero-order valence-corrected chi connectivity index (χ0v) is 12.0. The normalized spacial score (nSPS) is 11.3. The third kappa shape index (κ3) is 8.02. The van der Waals surface area contributed by atoms with Crippen molar-refractivity contribution >= 4 is 11.8 Å². The molecule has 0 aliphatic rings. The Hall–Kier alpha value is -1.78. The third-order valence-corrected chi connectivity index (χ3v) is 2.56. The van der Waals surface area contributed by atoms with Gasteiger partial charge in [-0.15, -0.1) is 0 Å². The van der Waals surface area contributed by atoms with Crippen LogP contribution in [0.1, 0.15) is 33.6 Å². The van der Waals surface area contributed by atoms with Crippen LogP contribution >= 0.6 is 0 Å². The van der Waals surface area contributed by atoms with Crippen LogP contribution in [0.5, 0.6) is 0 Å². The Balaban J connectivity index is 3.72. The number of ether oxygens (including phenoxy) is 1. The van der Waals surface area contributed by atoms with Gasteiger partial charge in [-0.25, -0.2) is 0 Å². The Labute approximate surface area is 115 Å². The van der Waals surface area contributed by atoms with Crippen molar-refractivity contribution in [3.05, 3.63) is 24.5 Å². The fraction of sp³-hybridized carbons (Fsp3) is 0.571. The monoisotopic (exact) mass is 268 g/mol. The second-order valence-electron chi connectivity index (χ2n) is 4.44. The fourth-order valence-electron chi connectivity index (χ4n) is 1.06. The van der Waals surface area contributed by atoms with Crippen molar-refractivity contribution in [3.63, 3.8) is 0 Å². The van der Waals surface area contributed by atoms with Crippen molar-refractivity contribution in [3.8, 4) is 0 Å². The summed E-state index contributed by atoms with van der Waals surface area (Å²) in [5.41, 5.74) is 0.775. The van der Waals surface area contributed by atoms with E-state index in [1.165, 1.54) is 0 Å². The van der Waals surface area contributed by atoms with Crippen molar-refractivity contribution in [2.24, 2.45) is 0 Å². The van der Waals surface area contributed by atoms with Crippen molar-refractivity contribution in [1.82, 2.24) is 10.6 Å². The molecule has 19 heavy (non-hydrogen) atoms. The van der Waals surface area contributed by atoms with Crippen LogP contribution in [-0.2, 0) is 14.3 Å². The molecule has 0 aliphatic carbocycles. The second-order valence-corrected chi connectivity index (χ2v) is 4.44. The number of carbonyl (C=O) groups is 2. The predicted molar refractivity (Wildman–Crippen MR) is 75.4 cm³/mol. The fourth-order valence-corrected chi connectivity index (χ4v) is 1.06. The largest absolute Gasteiger partial charge is 0.494 e. The summed E-state index contributed by atoms with van der Waals surface area (Å²) in [6.07, 6.45) is 1.39. The van der Waals surface area contributed by atoms with Crippen LogP contribution < -0.4 is 10.6 Å². The standard InChI is InChI=1S/C14H24N2O3/c1-6-11(4)16-14(18)13(17)15-8-7-9-19-12(5)10(2)3/h11H,2,5-9H2,1,3-4H3,(H,15,17)(H,16,18). The average Bonchev–Trinajstić information content (AvgIpc) is 2.37. The molecule has 108 valence electrons. The molecule has 0 aromatic rings. The lowest BCUT2D eigenvalue weighted by Gasteiger charge is -2.11. The molecule has 0 heterocycles. The lowest BCUT2D eigenvalue weighted by Crippen LogP contribution is -2.43. The molecule has 5 nitrogen and oxygen atoms in total. The summed E-state index contributed by atoms with van der Waals surface area (Å²) < 4.78 is 5.28. The highest BCUT2D eigenvalue weighted by atomic mass is 16.5. The van der Waals surface area contributed by atoms with E-state index >= 15 is 0 Å². The predicted octanol–water partition coefficient (Wildman–Crippen LogP) is 1.51. The Bertz CT molecular complexity index is 351. The SMILES string of the molecule is C=C(C)C(=C)OCCCNC(=O)C(=O)NC(C)CC. The van der Waals surface area contributed by atoms with E-state index in [9.17, 15) is 9.59 Å². The number of allylic oxidation sites excluding steroid dienone is 1. The van der Waals surface area contributed by atoms with Crippen molar-refractivity contribution in [2.75, 3.05) is 13.2 Å². The topological polar surface area (TPSA) is 67.4 Å². The van der Waals surface area contributed by atoms with Crippen LogP contribution in [0.4, 0.5) is 0 Å². The van der Waals surface area contributed by atoms with E-state index in [0.29, 0.717) is 25.3 Å². The van der Waals surface area contributed by atoms with Crippen LogP contribution in [0.3, 0.4) is 0 Å². The molecule has 0 rings (SSSR count). The third-order valence-electron chi connectivity index (χ3n) is 2.56. The molecular weight excluding hydrogens is 244 g/mol. The van der Waals surface area contributed by atoms with Gasteiger partial charge in [0.15, 0.2) is 0 Å². The van der Waals surface area contributed by atoms with E-state index < -0.39 is 11.8 Å². The molecular formula is C14H24N2O3. The van der Waals surface area contributed by atoms with E-state index in [1.807, 2.05) is 20.8 Å². The molecule has 1 unspecified atom stereocenters. The highest BCUT2D eigenvalue weighted by Gasteiger charge is 2.14. The zero-order chi connectivity index (χ0) is 14.8. The van der Waals surface area contributed by atoms with Gasteiger partial charge >= 0.3 is 11.8 Å². The summed E-state index contributed by atoms with van der Waals surface area (Å²) >= 11 is 0. The molecule has 0 radical (unpaired) electrons. The minimum absolute atomic E-state index is 0.000439. The minimum atomic E-state index is -0.612. The Morgan fingerprint density at radius 3 is 2.42 bits per heavy atom. The molecule has 0 spiro atoms. The van der Waals surface area contributed by atoms with Crippen LogP contribution in [0.25, 0.3) is 0 Å². The quantitative estimate of drug-likeness (QED) is 0.303. The summed E-state index contributed by atoms with van der Waals surface area (Å²) in [5, 5.41) is 5.13. The van der Waals surface area contributed by atoms with Crippen LogP contribution in [0.15, 0.2) is 24.5 Å². The molecule has 5 heteroatoms. The van der Waals surface area contributed by atoms with Gasteiger partial charge in [-0.3, -0.25) is 9.59 Å². The number of amides is 2. The first-order chi connectivity index (χ1) is 8.88. The highest BCUT2D eigenvalue weighted by Crippen LogP contribution is 2.04. The molecule has 0 aromatic carbocycles. The Kier molecular flexibility index (Phi) is 8.33. The summed E-state index contributed by atoms with van der Waals surface area (Å²) in [6, 6.07) is 0.000439. The van der Waals surface area contributed by atoms with Crippen LogP contribution in [0.2, 0.25) is 0 Å². The maximum absolute atomic E-state index is 11.4. The van der Waals surface area contributed by atoms with Gasteiger partial charge in [-0.2, -0.15) is 0 Å². The maximum Gasteiger partial charge on any atom is 0.309 e. The molecule has 0 aromatic heterocycles. The first-order valence-corrected chi connectivity index (χ1v) is 6.44. The summed E-state index contributed by atoms with van der Waals surface area (Å²) in [7, 11) is 0. The molecule has 2 N–H and O–H groups in total. The van der Waals surface area contributed by atoms with E-state index in [-0.39, 0.29) is 6.04 Å². The van der Waals surface area contributed by atoms with E-state index in [0.717, 1.165) is 12.0 Å². The molecule has 0 aliphatic heterocycles. The average molecular weight is 268 g/mol. The molecule has 0 saturated heterocycles. The number of hydrogen-bond acceptors (Lipinski definition) is 3. The molecule has 2 amide bonds. The smallest absolute Gasteiger partial charge is 0.309 e. The number of carbonyl (C=O) groups excluding carboxylic acids is 2. The first kappa shape index (κ1) is 17.2. The summed E-state index contributed by atoms with van der Waals surface area (Å²) in [4.78, 5) is 22.8. The Morgan fingerprint density at radius 2 is 1.89 bits per heavy atom. The van der Waals surface area contributed by atoms with Gasteiger partial charge in [-0.05, 0) is 32.3 Å². The van der Waals surface area contributed by atoms with Gasteiger partial charge in [0.05, 0.1) is 6.61 Å². The molecule has 0 bridgehead atoms. The number of nitrogens with one attached hydrogen (secondary N) is 2. The Morgan fingerprint density at radius 1 is 1.26 bits per heavy atom. The van der Waals surface area contributed by atoms with E-state index in [2.05, 4.69) is 23.8 Å². The van der Waals surface area contributed by atoms with Gasteiger partial charge < -0.3 is 15.4 Å². The second kappa shape index (κ2) is 9.19. The van der Waals surface area contributed by atoms with Crippen molar-refractivity contribution in [2.45, 2.75) is 39.7 Å². The lowest BCUT2D eigenvalue weighted by molar-refractivity contribution is -0.139. The van der Waals surface area contributed by atoms with Crippen LogP contribution in [0, 0.1) is 0 Å². The van der Waals surface area contributed by atoms with Gasteiger partial charge in [0, 0.05) is 12.6 Å². The maximum atomic E-state index is 11.4. The lowest BCUT2D eigenvalue weighted by atomic mass is 10.2. The zero-order valence-electron chi connectivity index (χ0n) is 12.0. The van der Waals surface area contributed by atoms with Crippen molar-refractivity contribution in [1.29, 1.82) is 0 Å². The molecule has 1 atom stereocenters. The van der Waals surface area contributed by atoms with Gasteiger partial charge in [0.1, 0.15) is 5.76 Å². The van der Waals surface area contributed by atoms with E-state index in [1.54, 1.807) is 0 Å². The highest BCUT2D eigenvalue weighted by molar-refractivity contribution is 6.35. The van der Waals surface area contributed by atoms with Crippen LogP contribution in [-0.4, -0.2) is 31.0 Å². The number of hydrogen-bond donors (Lipinski definition) is 2. The van der Waals surface area contributed by atoms with Gasteiger partial charge in [-0.1, -0.05) is 20.1 Å². The molecule has 0 saturated carbocycles. The molecule has 0 fully saturated rings. The van der Waals surface area contributed by atoms with E-state index in [4.69, 9.17) is 4.74 Å².